The summed E-state index contributed by atoms with van der Waals surface area (Å²) in [5.41, 5.74) is 2.65. The zero-order chi connectivity index (χ0) is 16.2. The average Bonchev–Trinajstić information content (AvgIpc) is 2.98. The van der Waals surface area contributed by atoms with Crippen LogP contribution in [0.5, 0.6) is 0 Å². The molecule has 0 radical (unpaired) electrons. The molecule has 2 heterocycles. The van der Waals surface area contributed by atoms with Gasteiger partial charge in [-0.15, -0.1) is 0 Å². The number of benzene rings is 1. The number of halogens is 1. The Balaban J connectivity index is 1.76. The highest BCUT2D eigenvalue weighted by Crippen LogP contribution is 2.32. The molecule has 1 aliphatic heterocycles. The summed E-state index contributed by atoms with van der Waals surface area (Å²) in [7, 11) is 0. The van der Waals surface area contributed by atoms with Crippen LogP contribution >= 0.6 is 15.9 Å². The van der Waals surface area contributed by atoms with Crippen molar-refractivity contribution in [1.29, 1.82) is 0 Å². The van der Waals surface area contributed by atoms with Crippen molar-refractivity contribution in [3.05, 3.63) is 59.3 Å². The molecule has 0 fully saturated rings. The highest BCUT2D eigenvalue weighted by molar-refractivity contribution is 9.09. The molecule has 1 aromatic heterocycles. The summed E-state index contributed by atoms with van der Waals surface area (Å²) in [6, 6.07) is 11.4. The summed E-state index contributed by atoms with van der Waals surface area (Å²) in [5.74, 6) is 0.615. The first-order chi connectivity index (χ1) is 11.2. The molecule has 1 aliphatic rings. The number of alkyl halides is 1. The van der Waals surface area contributed by atoms with Crippen molar-refractivity contribution in [2.75, 3.05) is 10.2 Å². The van der Waals surface area contributed by atoms with Crippen LogP contribution in [0.2, 0.25) is 0 Å². The van der Waals surface area contributed by atoms with Gasteiger partial charge in [0.2, 0.25) is 0 Å². The molecule has 0 bridgehead atoms. The first kappa shape index (κ1) is 16.0. The average molecular weight is 377 g/mol. The Hall–Kier alpha value is -1.92. The van der Waals surface area contributed by atoms with Crippen LogP contribution < -0.4 is 4.90 Å². The lowest BCUT2D eigenvalue weighted by molar-refractivity contribution is 0.145. The number of carbonyl (C=O) groups is 1. The summed E-state index contributed by atoms with van der Waals surface area (Å²) in [6.07, 6.45) is 1.88. The predicted octanol–water partition coefficient (Wildman–Crippen LogP) is 3.04. The third-order valence-electron chi connectivity index (χ3n) is 3.81. The van der Waals surface area contributed by atoms with Gasteiger partial charge in [-0.1, -0.05) is 46.3 Å². The van der Waals surface area contributed by atoms with Gasteiger partial charge in [-0.05, 0) is 29.2 Å². The number of amides is 1. The van der Waals surface area contributed by atoms with Crippen LogP contribution in [0.3, 0.4) is 0 Å². The molecule has 2 aromatic rings. The van der Waals surface area contributed by atoms with E-state index in [0.717, 1.165) is 16.7 Å². The summed E-state index contributed by atoms with van der Waals surface area (Å²) in [5, 5.41) is 9.86. The molecule has 1 aromatic carbocycles. The van der Waals surface area contributed by atoms with Gasteiger partial charge in [0.1, 0.15) is 12.4 Å². The van der Waals surface area contributed by atoms with Crippen molar-refractivity contribution in [3.63, 3.8) is 0 Å². The van der Waals surface area contributed by atoms with E-state index in [2.05, 4.69) is 20.9 Å². The molecule has 1 atom stereocenters. The van der Waals surface area contributed by atoms with Gasteiger partial charge in [-0.2, -0.15) is 0 Å². The Morgan fingerprint density at radius 3 is 2.83 bits per heavy atom. The van der Waals surface area contributed by atoms with E-state index >= 15 is 0 Å². The number of hydrogen-bond donors (Lipinski definition) is 1. The lowest BCUT2D eigenvalue weighted by Gasteiger charge is -2.22. The number of carbonyl (C=O) groups excluding carboxylic acids is 1. The van der Waals surface area contributed by atoms with E-state index in [-0.39, 0.29) is 19.3 Å². The number of aliphatic hydroxyl groups is 1. The highest BCUT2D eigenvalue weighted by atomic mass is 79.9. The first-order valence-corrected chi connectivity index (χ1v) is 8.49. The third-order valence-corrected chi connectivity index (χ3v) is 4.56. The third kappa shape index (κ3) is 3.38. The molecule has 3 rings (SSSR count). The molecule has 0 spiro atoms. The molecule has 120 valence electrons. The van der Waals surface area contributed by atoms with Gasteiger partial charge in [0.25, 0.3) is 0 Å². The SMILES string of the molecule is O=C(OCc1ccccc1)N1c2ncc(CO)cc2CC1CBr. The van der Waals surface area contributed by atoms with Gasteiger partial charge in [-0.3, -0.25) is 4.90 Å². The summed E-state index contributed by atoms with van der Waals surface area (Å²) < 4.78 is 5.43. The molecule has 0 aliphatic carbocycles. The molecule has 5 nitrogen and oxygen atoms in total. The molecular weight excluding hydrogens is 360 g/mol. The summed E-state index contributed by atoms with van der Waals surface area (Å²) in [4.78, 5) is 18.4. The maximum absolute atomic E-state index is 12.5. The van der Waals surface area contributed by atoms with Crippen molar-refractivity contribution >= 4 is 27.8 Å². The van der Waals surface area contributed by atoms with E-state index in [1.807, 2.05) is 36.4 Å². The van der Waals surface area contributed by atoms with Crippen molar-refractivity contribution in [3.8, 4) is 0 Å². The normalized spacial score (nSPS) is 16.3. The Kier molecular flexibility index (Phi) is 4.93. The van der Waals surface area contributed by atoms with Gasteiger partial charge in [0, 0.05) is 11.5 Å². The topological polar surface area (TPSA) is 62.7 Å². The highest BCUT2D eigenvalue weighted by Gasteiger charge is 2.35. The van der Waals surface area contributed by atoms with Gasteiger partial charge >= 0.3 is 6.09 Å². The van der Waals surface area contributed by atoms with E-state index < -0.39 is 6.09 Å². The van der Waals surface area contributed by atoms with E-state index in [9.17, 15) is 9.90 Å². The number of nitrogens with zero attached hydrogens (tertiary/aromatic N) is 2. The van der Waals surface area contributed by atoms with Crippen LogP contribution in [0.15, 0.2) is 42.6 Å². The maximum atomic E-state index is 12.5. The van der Waals surface area contributed by atoms with Crippen molar-refractivity contribution in [1.82, 2.24) is 4.98 Å². The largest absolute Gasteiger partial charge is 0.444 e. The van der Waals surface area contributed by atoms with E-state index in [4.69, 9.17) is 4.74 Å². The zero-order valence-corrected chi connectivity index (χ0v) is 14.1. The zero-order valence-electron chi connectivity index (χ0n) is 12.5. The molecule has 1 unspecified atom stereocenters. The molecule has 1 amide bonds. The smallest absolute Gasteiger partial charge is 0.416 e. The first-order valence-electron chi connectivity index (χ1n) is 7.37. The van der Waals surface area contributed by atoms with Gasteiger partial charge in [0.05, 0.1) is 12.6 Å². The molecule has 1 N–H and O–H groups in total. The summed E-state index contributed by atoms with van der Waals surface area (Å²) in [6.45, 7) is 0.174. The molecule has 0 saturated carbocycles. The standard InChI is InChI=1S/C17H17BrN2O3/c18-8-15-7-14-6-13(10-21)9-19-16(14)20(15)17(22)23-11-12-4-2-1-3-5-12/h1-6,9,15,21H,7-8,10-11H2. The van der Waals surface area contributed by atoms with Crippen molar-refractivity contribution in [2.24, 2.45) is 0 Å². The molecule has 0 saturated heterocycles. The lowest BCUT2D eigenvalue weighted by Crippen LogP contribution is -2.39. The Bertz CT molecular complexity index is 693. The molecule has 23 heavy (non-hydrogen) atoms. The number of hydrogen-bond acceptors (Lipinski definition) is 4. The number of pyridine rings is 1. The number of fused-ring (bicyclic) bond motifs is 1. The fourth-order valence-electron chi connectivity index (χ4n) is 2.67. The van der Waals surface area contributed by atoms with Crippen molar-refractivity contribution in [2.45, 2.75) is 25.7 Å². The van der Waals surface area contributed by atoms with E-state index in [1.165, 1.54) is 0 Å². The van der Waals surface area contributed by atoms with Crippen LogP contribution in [0.4, 0.5) is 10.6 Å². The summed E-state index contributed by atoms with van der Waals surface area (Å²) >= 11 is 3.45. The van der Waals surface area contributed by atoms with Gasteiger partial charge < -0.3 is 9.84 Å². The van der Waals surface area contributed by atoms with Crippen LogP contribution in [-0.2, 0) is 24.4 Å². The number of anilines is 1. The van der Waals surface area contributed by atoms with Crippen LogP contribution in [0, 0.1) is 0 Å². The minimum absolute atomic E-state index is 0.0327. The van der Waals surface area contributed by atoms with E-state index in [0.29, 0.717) is 17.6 Å². The van der Waals surface area contributed by atoms with Crippen LogP contribution in [-0.4, -0.2) is 27.6 Å². The van der Waals surface area contributed by atoms with Gasteiger partial charge in [-0.25, -0.2) is 9.78 Å². The number of rotatable bonds is 4. The maximum Gasteiger partial charge on any atom is 0.416 e. The Labute approximate surface area is 143 Å². The van der Waals surface area contributed by atoms with E-state index in [1.54, 1.807) is 11.1 Å². The Morgan fingerprint density at radius 1 is 1.35 bits per heavy atom. The Morgan fingerprint density at radius 2 is 2.13 bits per heavy atom. The van der Waals surface area contributed by atoms with Crippen LogP contribution in [0.1, 0.15) is 16.7 Å². The van der Waals surface area contributed by atoms with Gasteiger partial charge in [0.15, 0.2) is 0 Å². The fourth-order valence-corrected chi connectivity index (χ4v) is 3.19. The quantitative estimate of drug-likeness (QED) is 0.833. The number of aromatic nitrogens is 1. The lowest BCUT2D eigenvalue weighted by atomic mass is 10.1. The van der Waals surface area contributed by atoms with Crippen LogP contribution in [0.25, 0.3) is 0 Å². The number of ether oxygens (including phenoxy) is 1. The molecule has 6 heteroatoms. The number of aliphatic hydroxyl groups excluding tert-OH is 1. The monoisotopic (exact) mass is 376 g/mol. The fraction of sp³-hybridized carbons (Fsp3) is 0.294. The second-order valence-corrected chi connectivity index (χ2v) is 6.05. The van der Waals surface area contributed by atoms with Crippen molar-refractivity contribution < 1.29 is 14.6 Å². The molecular formula is C17H17BrN2O3. The predicted molar refractivity (Wildman–Crippen MR) is 90.6 cm³/mol. The second kappa shape index (κ2) is 7.10. The minimum Gasteiger partial charge on any atom is -0.444 e. The second-order valence-electron chi connectivity index (χ2n) is 5.41. The minimum atomic E-state index is -0.402.